The Balaban J connectivity index is 1.62. The van der Waals surface area contributed by atoms with Gasteiger partial charge in [-0.25, -0.2) is 0 Å². The fraction of sp³-hybridized carbons (Fsp3) is 0.857. The van der Waals surface area contributed by atoms with Crippen molar-refractivity contribution in [2.75, 3.05) is 13.1 Å². The van der Waals surface area contributed by atoms with E-state index in [0.717, 1.165) is 32.1 Å². The van der Waals surface area contributed by atoms with Gasteiger partial charge in [-0.3, -0.25) is 9.59 Å². The number of amides is 2. The minimum absolute atomic E-state index is 0.0823. The third-order valence-electron chi connectivity index (χ3n) is 4.22. The van der Waals surface area contributed by atoms with Crippen LogP contribution in [0.15, 0.2) is 0 Å². The Morgan fingerprint density at radius 1 is 1.05 bits per heavy atom. The van der Waals surface area contributed by atoms with Gasteiger partial charge in [0, 0.05) is 31.0 Å². The molecule has 0 saturated heterocycles. The van der Waals surface area contributed by atoms with Crippen molar-refractivity contribution >= 4 is 11.8 Å². The first kappa shape index (κ1) is 14.3. The van der Waals surface area contributed by atoms with E-state index >= 15 is 0 Å². The van der Waals surface area contributed by atoms with E-state index < -0.39 is 0 Å². The SMILES string of the molecule is CC1CC(N)CCC1C(=O)NCCNC(=O)C1CC1. The Hall–Kier alpha value is -1.10. The van der Waals surface area contributed by atoms with Gasteiger partial charge in [0.25, 0.3) is 0 Å². The second-order valence-electron chi connectivity index (χ2n) is 6.01. The summed E-state index contributed by atoms with van der Waals surface area (Å²) in [5.41, 5.74) is 5.90. The fourth-order valence-corrected chi connectivity index (χ4v) is 2.82. The average Bonchev–Trinajstić information content (AvgIpc) is 3.18. The van der Waals surface area contributed by atoms with Crippen LogP contribution in [0.5, 0.6) is 0 Å². The summed E-state index contributed by atoms with van der Waals surface area (Å²) >= 11 is 0. The highest BCUT2D eigenvalue weighted by Crippen LogP contribution is 2.29. The lowest BCUT2D eigenvalue weighted by atomic mass is 9.78. The van der Waals surface area contributed by atoms with Gasteiger partial charge in [-0.2, -0.15) is 0 Å². The zero-order valence-electron chi connectivity index (χ0n) is 11.7. The van der Waals surface area contributed by atoms with Gasteiger partial charge >= 0.3 is 0 Å². The maximum atomic E-state index is 12.0. The summed E-state index contributed by atoms with van der Waals surface area (Å²) in [7, 11) is 0. The largest absolute Gasteiger partial charge is 0.354 e. The van der Waals surface area contributed by atoms with Crippen LogP contribution >= 0.6 is 0 Å². The number of rotatable bonds is 5. The van der Waals surface area contributed by atoms with Crippen LogP contribution in [0.3, 0.4) is 0 Å². The molecule has 2 rings (SSSR count). The van der Waals surface area contributed by atoms with Crippen molar-refractivity contribution in [3.05, 3.63) is 0 Å². The third-order valence-corrected chi connectivity index (χ3v) is 4.22. The Morgan fingerprint density at radius 2 is 1.68 bits per heavy atom. The van der Waals surface area contributed by atoms with E-state index in [9.17, 15) is 9.59 Å². The van der Waals surface area contributed by atoms with Gasteiger partial charge in [-0.1, -0.05) is 6.92 Å². The molecule has 2 aliphatic rings. The van der Waals surface area contributed by atoms with Crippen LogP contribution in [0.1, 0.15) is 39.0 Å². The molecular weight excluding hydrogens is 242 g/mol. The molecule has 3 unspecified atom stereocenters. The monoisotopic (exact) mass is 267 g/mol. The lowest BCUT2D eigenvalue weighted by Gasteiger charge is -2.31. The Kier molecular flexibility index (Phi) is 4.80. The molecule has 0 heterocycles. The molecule has 2 aliphatic carbocycles. The molecule has 0 aromatic heterocycles. The van der Waals surface area contributed by atoms with E-state index in [1.807, 2.05) is 0 Å². The van der Waals surface area contributed by atoms with E-state index in [2.05, 4.69) is 17.6 Å². The standard InChI is InChI=1S/C14H25N3O2/c1-9-8-11(15)4-5-12(9)14(19)17-7-6-16-13(18)10-2-3-10/h9-12H,2-8,15H2,1H3,(H,16,18)(H,17,19). The first-order valence-corrected chi connectivity index (χ1v) is 7.39. The average molecular weight is 267 g/mol. The highest BCUT2D eigenvalue weighted by atomic mass is 16.2. The Bertz CT molecular complexity index is 342. The number of nitrogens with two attached hydrogens (primary N) is 1. The van der Waals surface area contributed by atoms with Crippen LogP contribution < -0.4 is 16.4 Å². The summed E-state index contributed by atoms with van der Waals surface area (Å²) in [6, 6.07) is 0.247. The first-order chi connectivity index (χ1) is 9.08. The van der Waals surface area contributed by atoms with Crippen molar-refractivity contribution in [2.45, 2.75) is 45.1 Å². The molecular formula is C14H25N3O2. The molecule has 0 aliphatic heterocycles. The summed E-state index contributed by atoms with van der Waals surface area (Å²) in [5.74, 6) is 0.908. The predicted octanol–water partition coefficient (Wildman–Crippen LogP) is 0.392. The van der Waals surface area contributed by atoms with Gasteiger partial charge < -0.3 is 16.4 Å². The van der Waals surface area contributed by atoms with Crippen LogP contribution in [0.2, 0.25) is 0 Å². The number of carbonyl (C=O) groups is 2. The number of carbonyl (C=O) groups excluding carboxylic acids is 2. The lowest BCUT2D eigenvalue weighted by Crippen LogP contribution is -2.43. The number of hydrogen-bond donors (Lipinski definition) is 3. The molecule has 5 nitrogen and oxygen atoms in total. The van der Waals surface area contributed by atoms with E-state index in [1.54, 1.807) is 0 Å². The van der Waals surface area contributed by atoms with E-state index in [4.69, 9.17) is 5.73 Å². The lowest BCUT2D eigenvalue weighted by molar-refractivity contribution is -0.128. The maximum Gasteiger partial charge on any atom is 0.223 e. The smallest absolute Gasteiger partial charge is 0.223 e. The van der Waals surface area contributed by atoms with Crippen molar-refractivity contribution in [3.8, 4) is 0 Å². The Labute approximate surface area is 114 Å². The molecule has 0 bridgehead atoms. The molecule has 0 radical (unpaired) electrons. The van der Waals surface area contributed by atoms with Crippen molar-refractivity contribution in [1.82, 2.24) is 10.6 Å². The van der Waals surface area contributed by atoms with Gasteiger partial charge in [0.15, 0.2) is 0 Å². The molecule has 2 saturated carbocycles. The van der Waals surface area contributed by atoms with Gasteiger partial charge in [0.05, 0.1) is 0 Å². The minimum Gasteiger partial charge on any atom is -0.354 e. The van der Waals surface area contributed by atoms with Crippen molar-refractivity contribution < 1.29 is 9.59 Å². The number of nitrogens with one attached hydrogen (secondary N) is 2. The van der Waals surface area contributed by atoms with E-state index in [-0.39, 0.29) is 29.7 Å². The van der Waals surface area contributed by atoms with Gasteiger partial charge in [0.2, 0.25) is 11.8 Å². The molecule has 108 valence electrons. The molecule has 3 atom stereocenters. The van der Waals surface area contributed by atoms with Crippen LogP contribution in [-0.2, 0) is 9.59 Å². The van der Waals surface area contributed by atoms with Crippen LogP contribution in [0.25, 0.3) is 0 Å². The summed E-state index contributed by atoms with van der Waals surface area (Å²) in [4.78, 5) is 23.4. The molecule has 19 heavy (non-hydrogen) atoms. The van der Waals surface area contributed by atoms with Crippen molar-refractivity contribution in [1.29, 1.82) is 0 Å². The summed E-state index contributed by atoms with van der Waals surface area (Å²) in [6.07, 6.45) is 4.76. The third kappa shape index (κ3) is 4.20. The molecule has 0 aromatic carbocycles. The highest BCUT2D eigenvalue weighted by Gasteiger charge is 2.31. The molecule has 0 spiro atoms. The zero-order valence-corrected chi connectivity index (χ0v) is 11.7. The molecule has 2 amide bonds. The molecule has 2 fully saturated rings. The van der Waals surface area contributed by atoms with E-state index in [0.29, 0.717) is 19.0 Å². The van der Waals surface area contributed by atoms with Crippen LogP contribution in [0, 0.1) is 17.8 Å². The second-order valence-corrected chi connectivity index (χ2v) is 6.01. The fourth-order valence-electron chi connectivity index (χ4n) is 2.82. The quantitative estimate of drug-likeness (QED) is 0.630. The van der Waals surface area contributed by atoms with Crippen LogP contribution in [-0.4, -0.2) is 30.9 Å². The van der Waals surface area contributed by atoms with Crippen molar-refractivity contribution in [3.63, 3.8) is 0 Å². The second kappa shape index (κ2) is 6.37. The number of hydrogen-bond acceptors (Lipinski definition) is 3. The van der Waals surface area contributed by atoms with Gasteiger partial charge in [0.1, 0.15) is 0 Å². The first-order valence-electron chi connectivity index (χ1n) is 7.39. The molecule has 5 heteroatoms. The zero-order chi connectivity index (χ0) is 13.8. The van der Waals surface area contributed by atoms with Crippen molar-refractivity contribution in [2.24, 2.45) is 23.5 Å². The molecule has 0 aromatic rings. The normalized spacial score (nSPS) is 30.7. The summed E-state index contributed by atoms with van der Waals surface area (Å²) in [5, 5.41) is 5.77. The summed E-state index contributed by atoms with van der Waals surface area (Å²) in [6.45, 7) is 3.15. The minimum atomic E-state index is 0.0823. The predicted molar refractivity (Wildman–Crippen MR) is 73.2 cm³/mol. The van der Waals surface area contributed by atoms with E-state index in [1.165, 1.54) is 0 Å². The highest BCUT2D eigenvalue weighted by molar-refractivity contribution is 5.81. The summed E-state index contributed by atoms with van der Waals surface area (Å²) < 4.78 is 0. The van der Waals surface area contributed by atoms with Gasteiger partial charge in [-0.05, 0) is 38.0 Å². The van der Waals surface area contributed by atoms with Crippen LogP contribution in [0.4, 0.5) is 0 Å². The molecule has 4 N–H and O–H groups in total. The maximum absolute atomic E-state index is 12.0. The topological polar surface area (TPSA) is 84.2 Å². The Morgan fingerprint density at radius 3 is 2.26 bits per heavy atom. The van der Waals surface area contributed by atoms with Gasteiger partial charge in [-0.15, -0.1) is 0 Å².